The third-order valence-electron chi connectivity index (χ3n) is 2.41. The lowest BCUT2D eigenvalue weighted by molar-refractivity contribution is 0.0660. The zero-order valence-corrected chi connectivity index (χ0v) is 10.8. The molecule has 1 aromatic carbocycles. The van der Waals surface area contributed by atoms with Gasteiger partial charge in [0.15, 0.2) is 5.89 Å². The Kier molecular flexibility index (Phi) is 3.85. The Balaban J connectivity index is 2.04. The molecule has 5 heteroatoms. The highest BCUT2D eigenvalue weighted by atomic mass is 16.5. The van der Waals surface area contributed by atoms with E-state index in [0.29, 0.717) is 12.3 Å². The molecule has 19 heavy (non-hydrogen) atoms. The summed E-state index contributed by atoms with van der Waals surface area (Å²) < 4.78 is 10.6. The fourth-order valence-corrected chi connectivity index (χ4v) is 1.62. The summed E-state index contributed by atoms with van der Waals surface area (Å²) in [6, 6.07) is 7.55. The maximum atomic E-state index is 10.7. The van der Waals surface area contributed by atoms with Crippen molar-refractivity contribution in [3.05, 3.63) is 47.7 Å². The van der Waals surface area contributed by atoms with Gasteiger partial charge in [-0.1, -0.05) is 12.1 Å². The minimum absolute atomic E-state index is 0.135. The summed E-state index contributed by atoms with van der Waals surface area (Å²) in [5.41, 5.74) is 0.981. The minimum atomic E-state index is -1.11. The van der Waals surface area contributed by atoms with Gasteiger partial charge in [-0.3, -0.25) is 0 Å². The average Bonchev–Trinajstić information content (AvgIpc) is 2.80. The van der Waals surface area contributed by atoms with Gasteiger partial charge in [-0.25, -0.2) is 9.78 Å². The Morgan fingerprint density at radius 1 is 1.37 bits per heavy atom. The molecule has 0 unspecified atom stereocenters. The molecule has 0 fully saturated rings. The van der Waals surface area contributed by atoms with Crippen LogP contribution in [-0.2, 0) is 6.42 Å². The largest absolute Gasteiger partial charge is 0.491 e. The van der Waals surface area contributed by atoms with Gasteiger partial charge >= 0.3 is 5.97 Å². The van der Waals surface area contributed by atoms with Gasteiger partial charge in [0.05, 0.1) is 12.3 Å². The molecule has 1 heterocycles. The minimum Gasteiger partial charge on any atom is -0.491 e. The number of carboxylic acid groups (broad SMARTS) is 1. The zero-order chi connectivity index (χ0) is 13.8. The zero-order valence-electron chi connectivity index (χ0n) is 10.8. The van der Waals surface area contributed by atoms with E-state index >= 15 is 0 Å². The van der Waals surface area contributed by atoms with E-state index in [1.807, 2.05) is 38.1 Å². The predicted molar refractivity (Wildman–Crippen MR) is 68.5 cm³/mol. The number of hydrogen-bond donors (Lipinski definition) is 1. The van der Waals surface area contributed by atoms with Crippen LogP contribution in [0.4, 0.5) is 0 Å². The number of rotatable bonds is 5. The van der Waals surface area contributed by atoms with Crippen LogP contribution in [0.3, 0.4) is 0 Å². The molecule has 2 rings (SSSR count). The van der Waals surface area contributed by atoms with Crippen LogP contribution in [0.15, 0.2) is 34.9 Å². The Bertz CT molecular complexity index is 557. The number of carbonyl (C=O) groups is 1. The summed E-state index contributed by atoms with van der Waals surface area (Å²) in [6.07, 6.45) is 1.80. The highest BCUT2D eigenvalue weighted by Crippen LogP contribution is 2.16. The lowest BCUT2D eigenvalue weighted by atomic mass is 10.1. The van der Waals surface area contributed by atoms with Crippen molar-refractivity contribution in [3.63, 3.8) is 0 Å². The number of aromatic carboxylic acids is 1. The van der Waals surface area contributed by atoms with Crippen molar-refractivity contribution in [2.24, 2.45) is 0 Å². The van der Waals surface area contributed by atoms with E-state index in [1.165, 1.54) is 6.20 Å². The number of aromatic nitrogens is 1. The molecule has 1 N–H and O–H groups in total. The normalized spacial score (nSPS) is 10.7. The molecule has 0 radical (unpaired) electrons. The van der Waals surface area contributed by atoms with Gasteiger partial charge in [0.1, 0.15) is 5.75 Å². The summed E-state index contributed by atoms with van der Waals surface area (Å²) in [5, 5.41) is 8.73. The summed E-state index contributed by atoms with van der Waals surface area (Å²) in [4.78, 5) is 14.6. The van der Waals surface area contributed by atoms with E-state index in [-0.39, 0.29) is 11.9 Å². The predicted octanol–water partition coefficient (Wildman–Crippen LogP) is 2.75. The third kappa shape index (κ3) is 3.58. The molecule has 0 saturated carbocycles. The van der Waals surface area contributed by atoms with E-state index in [4.69, 9.17) is 14.3 Å². The van der Waals surface area contributed by atoms with Gasteiger partial charge < -0.3 is 14.3 Å². The first-order chi connectivity index (χ1) is 9.04. The monoisotopic (exact) mass is 261 g/mol. The molecule has 0 bridgehead atoms. The number of benzene rings is 1. The van der Waals surface area contributed by atoms with E-state index in [2.05, 4.69) is 4.98 Å². The molecule has 0 atom stereocenters. The van der Waals surface area contributed by atoms with Gasteiger partial charge in [-0.05, 0) is 31.5 Å². The van der Waals surface area contributed by atoms with Gasteiger partial charge in [-0.2, -0.15) is 0 Å². The van der Waals surface area contributed by atoms with Crippen LogP contribution in [0.1, 0.15) is 35.9 Å². The van der Waals surface area contributed by atoms with Crippen LogP contribution >= 0.6 is 0 Å². The topological polar surface area (TPSA) is 72.6 Å². The highest BCUT2D eigenvalue weighted by molar-refractivity contribution is 5.83. The maximum Gasteiger partial charge on any atom is 0.373 e. The Labute approximate surface area is 110 Å². The van der Waals surface area contributed by atoms with Crippen molar-refractivity contribution in [1.29, 1.82) is 0 Å². The van der Waals surface area contributed by atoms with Crippen molar-refractivity contribution in [1.82, 2.24) is 4.98 Å². The number of ether oxygens (including phenoxy) is 1. The van der Waals surface area contributed by atoms with Crippen LogP contribution in [0.2, 0.25) is 0 Å². The number of nitrogens with zero attached hydrogens (tertiary/aromatic N) is 1. The van der Waals surface area contributed by atoms with Gasteiger partial charge in [0.2, 0.25) is 5.76 Å². The fourth-order valence-electron chi connectivity index (χ4n) is 1.62. The molecular formula is C14H15NO4. The van der Waals surface area contributed by atoms with Crippen LogP contribution in [0.25, 0.3) is 0 Å². The SMILES string of the molecule is CC(C)Oc1ccc(Cc2ncc(C(=O)O)o2)cc1. The molecule has 0 aliphatic rings. The lowest BCUT2D eigenvalue weighted by Gasteiger charge is -2.09. The molecule has 0 aliphatic heterocycles. The van der Waals surface area contributed by atoms with Crippen molar-refractivity contribution in [2.75, 3.05) is 0 Å². The lowest BCUT2D eigenvalue weighted by Crippen LogP contribution is -2.05. The van der Waals surface area contributed by atoms with Gasteiger partial charge in [0, 0.05) is 6.42 Å². The van der Waals surface area contributed by atoms with Crippen LogP contribution < -0.4 is 4.74 Å². The van der Waals surface area contributed by atoms with Crippen LogP contribution in [0.5, 0.6) is 5.75 Å². The second kappa shape index (κ2) is 5.56. The standard InChI is InChI=1S/C14H15NO4/c1-9(2)18-11-5-3-10(4-6-11)7-13-15-8-12(19-13)14(16)17/h3-6,8-9H,7H2,1-2H3,(H,16,17). The maximum absolute atomic E-state index is 10.7. The molecule has 0 spiro atoms. The first-order valence-corrected chi connectivity index (χ1v) is 5.98. The molecule has 100 valence electrons. The third-order valence-corrected chi connectivity index (χ3v) is 2.41. The van der Waals surface area contributed by atoms with E-state index in [1.54, 1.807) is 0 Å². The summed E-state index contributed by atoms with van der Waals surface area (Å²) in [6.45, 7) is 3.93. The van der Waals surface area contributed by atoms with Crippen molar-refractivity contribution in [2.45, 2.75) is 26.4 Å². The molecule has 0 aliphatic carbocycles. The number of oxazole rings is 1. The van der Waals surface area contributed by atoms with Gasteiger partial charge in [-0.15, -0.1) is 0 Å². The van der Waals surface area contributed by atoms with Crippen LogP contribution in [0, 0.1) is 0 Å². The highest BCUT2D eigenvalue weighted by Gasteiger charge is 2.10. The number of hydrogen-bond acceptors (Lipinski definition) is 4. The van der Waals surface area contributed by atoms with Crippen LogP contribution in [-0.4, -0.2) is 22.2 Å². The molecule has 0 saturated heterocycles. The molecular weight excluding hydrogens is 246 g/mol. The van der Waals surface area contributed by atoms with E-state index in [0.717, 1.165) is 11.3 Å². The van der Waals surface area contributed by atoms with Crippen molar-refractivity contribution < 1.29 is 19.1 Å². The second-order valence-corrected chi connectivity index (χ2v) is 4.41. The molecule has 0 amide bonds. The summed E-state index contributed by atoms with van der Waals surface area (Å²) in [7, 11) is 0. The Morgan fingerprint density at radius 2 is 2.05 bits per heavy atom. The summed E-state index contributed by atoms with van der Waals surface area (Å²) in [5.74, 6) is -0.0681. The molecule has 5 nitrogen and oxygen atoms in total. The average molecular weight is 261 g/mol. The quantitative estimate of drug-likeness (QED) is 0.895. The first kappa shape index (κ1) is 13.1. The Hall–Kier alpha value is -2.30. The first-order valence-electron chi connectivity index (χ1n) is 5.98. The fraction of sp³-hybridized carbons (Fsp3) is 0.286. The number of carboxylic acids is 1. The summed E-state index contributed by atoms with van der Waals surface area (Å²) >= 11 is 0. The molecule has 1 aromatic heterocycles. The molecule has 2 aromatic rings. The van der Waals surface area contributed by atoms with Crippen molar-refractivity contribution >= 4 is 5.97 Å². The Morgan fingerprint density at radius 3 is 2.58 bits per heavy atom. The van der Waals surface area contributed by atoms with Gasteiger partial charge in [0.25, 0.3) is 0 Å². The van der Waals surface area contributed by atoms with E-state index < -0.39 is 5.97 Å². The van der Waals surface area contributed by atoms with Crippen molar-refractivity contribution in [3.8, 4) is 5.75 Å². The van der Waals surface area contributed by atoms with E-state index in [9.17, 15) is 4.79 Å². The smallest absolute Gasteiger partial charge is 0.373 e. The second-order valence-electron chi connectivity index (χ2n) is 4.41.